The van der Waals surface area contributed by atoms with E-state index in [0.717, 1.165) is 13.1 Å². The lowest BCUT2D eigenvalue weighted by atomic mass is 9.81. The van der Waals surface area contributed by atoms with Crippen LogP contribution in [0.5, 0.6) is 0 Å². The average Bonchev–Trinajstić information content (AvgIpc) is 2.43. The summed E-state index contributed by atoms with van der Waals surface area (Å²) in [7, 11) is 0. The van der Waals surface area contributed by atoms with E-state index in [4.69, 9.17) is 4.74 Å². The van der Waals surface area contributed by atoms with E-state index in [9.17, 15) is 4.79 Å². The van der Waals surface area contributed by atoms with Crippen molar-refractivity contribution in [3.63, 3.8) is 0 Å². The standard InChI is InChI=1S/C18H34N2O2S/c1-17(2,3)22-16(21)19-12-14-8-5-6-9-15(14)20-13-18(23-4)10-7-11-18/h14-15,20H,5-13H2,1-4H3,(H,19,21). The molecule has 2 rings (SSSR count). The van der Waals surface area contributed by atoms with Gasteiger partial charge in [0.05, 0.1) is 0 Å². The van der Waals surface area contributed by atoms with Crippen molar-refractivity contribution < 1.29 is 9.53 Å². The van der Waals surface area contributed by atoms with Crippen LogP contribution in [0.2, 0.25) is 0 Å². The number of rotatable bonds is 6. The van der Waals surface area contributed by atoms with Gasteiger partial charge in [0.1, 0.15) is 5.60 Å². The number of hydrogen-bond donors (Lipinski definition) is 2. The van der Waals surface area contributed by atoms with Crippen LogP contribution in [0.3, 0.4) is 0 Å². The lowest BCUT2D eigenvalue weighted by Crippen LogP contribution is -2.51. The molecule has 2 atom stereocenters. The van der Waals surface area contributed by atoms with Crippen LogP contribution in [0.15, 0.2) is 0 Å². The van der Waals surface area contributed by atoms with Crippen LogP contribution in [0.25, 0.3) is 0 Å². The Hall–Kier alpha value is -0.420. The zero-order valence-corrected chi connectivity index (χ0v) is 16.1. The number of ether oxygens (including phenoxy) is 1. The molecule has 0 aromatic rings. The Labute approximate surface area is 145 Å². The Bertz CT molecular complexity index is 385. The molecule has 0 bridgehead atoms. The Morgan fingerprint density at radius 3 is 2.48 bits per heavy atom. The van der Waals surface area contributed by atoms with Gasteiger partial charge in [-0.2, -0.15) is 11.8 Å². The maximum absolute atomic E-state index is 11.9. The van der Waals surface area contributed by atoms with Crippen molar-refractivity contribution in [3.8, 4) is 0 Å². The molecule has 4 nitrogen and oxygen atoms in total. The molecule has 5 heteroatoms. The molecule has 0 saturated heterocycles. The quantitative estimate of drug-likeness (QED) is 0.767. The van der Waals surface area contributed by atoms with Gasteiger partial charge in [0, 0.05) is 23.9 Å². The number of amides is 1. The van der Waals surface area contributed by atoms with Crippen molar-refractivity contribution in [1.82, 2.24) is 10.6 Å². The lowest BCUT2D eigenvalue weighted by molar-refractivity contribution is 0.0510. The molecular weight excluding hydrogens is 308 g/mol. The third-order valence-corrected chi connectivity index (χ3v) is 6.62. The van der Waals surface area contributed by atoms with E-state index in [0.29, 0.717) is 16.7 Å². The molecule has 2 N–H and O–H groups in total. The van der Waals surface area contributed by atoms with E-state index < -0.39 is 5.60 Å². The fraction of sp³-hybridized carbons (Fsp3) is 0.944. The topological polar surface area (TPSA) is 50.4 Å². The molecule has 2 saturated carbocycles. The van der Waals surface area contributed by atoms with Crippen LogP contribution in [0, 0.1) is 5.92 Å². The largest absolute Gasteiger partial charge is 0.444 e. The summed E-state index contributed by atoms with van der Waals surface area (Å²) < 4.78 is 5.82. The van der Waals surface area contributed by atoms with Crippen molar-refractivity contribution in [3.05, 3.63) is 0 Å². The van der Waals surface area contributed by atoms with Crippen LogP contribution in [0.4, 0.5) is 4.79 Å². The van der Waals surface area contributed by atoms with Gasteiger partial charge < -0.3 is 15.4 Å². The van der Waals surface area contributed by atoms with Crippen LogP contribution in [-0.2, 0) is 4.74 Å². The molecule has 0 spiro atoms. The number of thioether (sulfide) groups is 1. The fourth-order valence-electron chi connectivity index (χ4n) is 3.59. The zero-order valence-electron chi connectivity index (χ0n) is 15.2. The summed E-state index contributed by atoms with van der Waals surface area (Å²) in [6.45, 7) is 7.54. The van der Waals surface area contributed by atoms with Gasteiger partial charge in [-0.25, -0.2) is 4.79 Å². The van der Waals surface area contributed by atoms with Crippen molar-refractivity contribution in [2.75, 3.05) is 19.3 Å². The number of carbonyl (C=O) groups is 1. The molecule has 0 radical (unpaired) electrons. The number of hydrogen-bond acceptors (Lipinski definition) is 4. The van der Waals surface area contributed by atoms with Crippen molar-refractivity contribution in [2.24, 2.45) is 5.92 Å². The predicted octanol–water partition coefficient (Wildman–Crippen LogP) is 3.95. The molecule has 1 amide bonds. The first-order chi connectivity index (χ1) is 10.8. The van der Waals surface area contributed by atoms with E-state index in [1.54, 1.807) is 0 Å². The summed E-state index contributed by atoms with van der Waals surface area (Å²) in [4.78, 5) is 11.9. The van der Waals surface area contributed by atoms with E-state index in [2.05, 4.69) is 16.9 Å². The first kappa shape index (κ1) is 18.9. The normalized spacial score (nSPS) is 27.1. The Kier molecular flexibility index (Phi) is 6.66. The number of carbonyl (C=O) groups excluding carboxylic acids is 1. The zero-order chi connectivity index (χ0) is 16.9. The van der Waals surface area contributed by atoms with E-state index in [1.807, 2.05) is 32.5 Å². The fourth-order valence-corrected chi connectivity index (χ4v) is 4.52. The van der Waals surface area contributed by atoms with Gasteiger partial charge in [0.2, 0.25) is 0 Å². The second-order valence-corrected chi connectivity index (χ2v) is 9.43. The Morgan fingerprint density at radius 2 is 1.91 bits per heavy atom. The minimum atomic E-state index is -0.427. The average molecular weight is 343 g/mol. The summed E-state index contributed by atoms with van der Waals surface area (Å²) in [5.74, 6) is 0.523. The Balaban J connectivity index is 1.77. The minimum Gasteiger partial charge on any atom is -0.444 e. The SMILES string of the molecule is CSC1(CNC2CCCCC2CNC(=O)OC(C)(C)C)CCC1. The van der Waals surface area contributed by atoms with Gasteiger partial charge in [-0.1, -0.05) is 19.3 Å². The van der Waals surface area contributed by atoms with Crippen LogP contribution < -0.4 is 10.6 Å². The van der Waals surface area contributed by atoms with E-state index >= 15 is 0 Å². The molecule has 2 fully saturated rings. The molecule has 0 heterocycles. The summed E-state index contributed by atoms with van der Waals surface area (Å²) in [6, 6.07) is 0.531. The molecule has 23 heavy (non-hydrogen) atoms. The maximum Gasteiger partial charge on any atom is 0.407 e. The molecule has 0 aliphatic heterocycles. The monoisotopic (exact) mass is 342 g/mol. The van der Waals surface area contributed by atoms with Gasteiger partial charge in [0.25, 0.3) is 0 Å². The molecule has 2 aliphatic rings. The van der Waals surface area contributed by atoms with E-state index in [-0.39, 0.29) is 6.09 Å². The predicted molar refractivity (Wildman–Crippen MR) is 98.1 cm³/mol. The summed E-state index contributed by atoms with van der Waals surface area (Å²) in [6.07, 6.45) is 11.0. The van der Waals surface area contributed by atoms with Crippen LogP contribution in [0.1, 0.15) is 65.7 Å². The van der Waals surface area contributed by atoms with Crippen LogP contribution >= 0.6 is 11.8 Å². The van der Waals surface area contributed by atoms with Gasteiger partial charge in [0.15, 0.2) is 0 Å². The van der Waals surface area contributed by atoms with Crippen LogP contribution in [-0.4, -0.2) is 41.8 Å². The molecule has 134 valence electrons. The number of alkyl carbamates (subject to hydrolysis) is 1. The maximum atomic E-state index is 11.9. The molecule has 2 aliphatic carbocycles. The second kappa shape index (κ2) is 8.11. The van der Waals surface area contributed by atoms with Gasteiger partial charge >= 0.3 is 6.09 Å². The summed E-state index contributed by atoms with van der Waals surface area (Å²) in [5, 5.41) is 6.80. The van der Waals surface area contributed by atoms with Crippen molar-refractivity contribution in [2.45, 2.75) is 82.1 Å². The second-order valence-electron chi connectivity index (χ2n) is 8.16. The molecule has 0 aromatic heterocycles. The Morgan fingerprint density at radius 1 is 1.22 bits per heavy atom. The van der Waals surface area contributed by atoms with Crippen molar-refractivity contribution in [1.29, 1.82) is 0 Å². The van der Waals surface area contributed by atoms with Crippen molar-refractivity contribution >= 4 is 17.9 Å². The number of nitrogens with one attached hydrogen (secondary N) is 2. The molecule has 0 aromatic carbocycles. The molecule has 2 unspecified atom stereocenters. The first-order valence-electron chi connectivity index (χ1n) is 9.09. The third kappa shape index (κ3) is 5.86. The molecular formula is C18H34N2O2S. The lowest BCUT2D eigenvalue weighted by Gasteiger charge is -2.43. The van der Waals surface area contributed by atoms with Gasteiger partial charge in [-0.15, -0.1) is 0 Å². The highest BCUT2D eigenvalue weighted by molar-refractivity contribution is 8.00. The highest BCUT2D eigenvalue weighted by Gasteiger charge is 2.37. The highest BCUT2D eigenvalue weighted by atomic mass is 32.2. The van der Waals surface area contributed by atoms with Gasteiger partial charge in [-0.3, -0.25) is 0 Å². The van der Waals surface area contributed by atoms with Gasteiger partial charge in [-0.05, 0) is 58.6 Å². The third-order valence-electron chi connectivity index (χ3n) is 5.20. The summed E-state index contributed by atoms with van der Waals surface area (Å²) >= 11 is 2.02. The highest BCUT2D eigenvalue weighted by Crippen LogP contribution is 2.42. The smallest absolute Gasteiger partial charge is 0.407 e. The minimum absolute atomic E-state index is 0.290. The van der Waals surface area contributed by atoms with E-state index in [1.165, 1.54) is 44.9 Å². The summed E-state index contributed by atoms with van der Waals surface area (Å²) in [5.41, 5.74) is -0.427. The first-order valence-corrected chi connectivity index (χ1v) is 10.3.